The van der Waals surface area contributed by atoms with Crippen LogP contribution in [0.15, 0.2) is 46.8 Å². The summed E-state index contributed by atoms with van der Waals surface area (Å²) in [5.41, 5.74) is 4.54. The van der Waals surface area contributed by atoms with Crippen LogP contribution in [0.4, 0.5) is 16.5 Å². The van der Waals surface area contributed by atoms with Gasteiger partial charge in [-0.3, -0.25) is 9.59 Å². The second-order valence-corrected chi connectivity index (χ2v) is 8.44. The molecule has 0 spiro atoms. The molecule has 150 valence electrons. The van der Waals surface area contributed by atoms with E-state index in [0.29, 0.717) is 20.7 Å². The first-order valence-electron chi connectivity index (χ1n) is 8.88. The van der Waals surface area contributed by atoms with Crippen molar-refractivity contribution in [2.75, 3.05) is 23.4 Å². The molecule has 1 aromatic heterocycles. The summed E-state index contributed by atoms with van der Waals surface area (Å²) in [4.78, 5) is 23.7. The van der Waals surface area contributed by atoms with Gasteiger partial charge >= 0.3 is 0 Å². The van der Waals surface area contributed by atoms with Crippen LogP contribution in [0.2, 0.25) is 0 Å². The zero-order valence-electron chi connectivity index (χ0n) is 16.3. The molecule has 2 amide bonds. The Morgan fingerprint density at radius 2 is 1.83 bits per heavy atom. The molecule has 1 heterocycles. The van der Waals surface area contributed by atoms with Crippen molar-refractivity contribution < 1.29 is 9.59 Å². The van der Waals surface area contributed by atoms with Crippen molar-refractivity contribution in [3.05, 3.63) is 59.2 Å². The average Bonchev–Trinajstić information content (AvgIpc) is 3.17. The highest BCUT2D eigenvalue weighted by Crippen LogP contribution is 2.29. The minimum absolute atomic E-state index is 0.151. The molecule has 3 N–H and O–H groups in total. The van der Waals surface area contributed by atoms with Gasteiger partial charge in [0.25, 0.3) is 5.91 Å². The van der Waals surface area contributed by atoms with E-state index in [4.69, 9.17) is 0 Å². The lowest BCUT2D eigenvalue weighted by molar-refractivity contribution is -0.113. The van der Waals surface area contributed by atoms with Gasteiger partial charge in [0.2, 0.25) is 11.0 Å². The van der Waals surface area contributed by atoms with E-state index < -0.39 is 0 Å². The molecule has 0 bridgehead atoms. The van der Waals surface area contributed by atoms with E-state index in [1.807, 2.05) is 12.1 Å². The van der Waals surface area contributed by atoms with Gasteiger partial charge in [0, 0.05) is 24.0 Å². The number of nitrogens with one attached hydrogen (secondary N) is 3. The summed E-state index contributed by atoms with van der Waals surface area (Å²) in [7, 11) is 1.58. The number of carbonyl (C=O) groups excluding carboxylic acids is 2. The molecule has 0 radical (unpaired) electrons. The fourth-order valence-electron chi connectivity index (χ4n) is 2.49. The van der Waals surface area contributed by atoms with Crippen molar-refractivity contribution in [1.29, 1.82) is 0 Å². The van der Waals surface area contributed by atoms with Gasteiger partial charge < -0.3 is 16.0 Å². The summed E-state index contributed by atoms with van der Waals surface area (Å²) >= 11 is 2.73. The third-order valence-electron chi connectivity index (χ3n) is 4.24. The number of nitrogens with zero attached hydrogens (tertiary/aromatic N) is 2. The first kappa shape index (κ1) is 20.8. The fourth-order valence-corrected chi connectivity index (χ4v) is 4.06. The summed E-state index contributed by atoms with van der Waals surface area (Å²) in [6.07, 6.45) is 0. The van der Waals surface area contributed by atoms with E-state index in [0.717, 1.165) is 5.69 Å². The van der Waals surface area contributed by atoms with Crippen LogP contribution in [0.3, 0.4) is 0 Å². The number of carbonyl (C=O) groups is 2. The second kappa shape index (κ2) is 9.53. The molecule has 3 rings (SSSR count). The van der Waals surface area contributed by atoms with Gasteiger partial charge in [-0.05, 0) is 55.3 Å². The van der Waals surface area contributed by atoms with Crippen molar-refractivity contribution in [2.45, 2.75) is 18.2 Å². The van der Waals surface area contributed by atoms with Crippen LogP contribution in [0.25, 0.3) is 0 Å². The van der Waals surface area contributed by atoms with Gasteiger partial charge in [0.15, 0.2) is 4.34 Å². The van der Waals surface area contributed by atoms with Gasteiger partial charge in [-0.25, -0.2) is 0 Å². The molecule has 0 saturated heterocycles. The van der Waals surface area contributed by atoms with Crippen molar-refractivity contribution >= 4 is 51.4 Å². The van der Waals surface area contributed by atoms with E-state index in [1.54, 1.807) is 31.3 Å². The molecule has 9 heteroatoms. The van der Waals surface area contributed by atoms with Crippen LogP contribution in [0, 0.1) is 13.8 Å². The molecule has 7 nitrogen and oxygen atoms in total. The molecule has 0 aliphatic rings. The monoisotopic (exact) mass is 427 g/mol. The zero-order chi connectivity index (χ0) is 20.8. The van der Waals surface area contributed by atoms with Crippen LogP contribution in [0.1, 0.15) is 21.5 Å². The number of benzene rings is 2. The van der Waals surface area contributed by atoms with Crippen molar-refractivity contribution in [3.63, 3.8) is 0 Å². The fraction of sp³-hybridized carbons (Fsp3) is 0.200. The number of rotatable bonds is 7. The van der Waals surface area contributed by atoms with E-state index in [1.165, 1.54) is 34.2 Å². The summed E-state index contributed by atoms with van der Waals surface area (Å²) in [5, 5.41) is 17.6. The van der Waals surface area contributed by atoms with E-state index in [2.05, 4.69) is 46.1 Å². The first-order valence-corrected chi connectivity index (χ1v) is 10.7. The third-order valence-corrected chi connectivity index (χ3v) is 6.21. The maximum absolute atomic E-state index is 12.2. The third kappa shape index (κ3) is 5.55. The minimum atomic E-state index is -0.167. The van der Waals surface area contributed by atoms with Crippen LogP contribution < -0.4 is 16.0 Å². The Hall–Kier alpha value is -2.91. The van der Waals surface area contributed by atoms with Crippen LogP contribution in [0.5, 0.6) is 0 Å². The topological polar surface area (TPSA) is 96.0 Å². The van der Waals surface area contributed by atoms with Gasteiger partial charge in [0.1, 0.15) is 0 Å². The lowest BCUT2D eigenvalue weighted by Crippen LogP contribution is -2.18. The lowest BCUT2D eigenvalue weighted by Gasteiger charge is -2.08. The normalized spacial score (nSPS) is 10.4. The summed E-state index contributed by atoms with van der Waals surface area (Å²) in [6.45, 7) is 4.12. The number of thioether (sulfide) groups is 1. The average molecular weight is 428 g/mol. The van der Waals surface area contributed by atoms with Crippen LogP contribution in [-0.4, -0.2) is 34.8 Å². The first-order chi connectivity index (χ1) is 14.0. The van der Waals surface area contributed by atoms with E-state index >= 15 is 0 Å². The number of aryl methyl sites for hydroxylation is 1. The summed E-state index contributed by atoms with van der Waals surface area (Å²) in [5.74, 6) is -0.100. The Kier molecular flexibility index (Phi) is 6.84. The van der Waals surface area contributed by atoms with Crippen LogP contribution in [-0.2, 0) is 4.79 Å². The Labute approximate surface area is 177 Å². The van der Waals surface area contributed by atoms with Crippen molar-refractivity contribution in [1.82, 2.24) is 15.5 Å². The highest BCUT2D eigenvalue weighted by atomic mass is 32.2. The predicted octanol–water partition coefficient (Wildman–Crippen LogP) is 3.99. The lowest BCUT2D eigenvalue weighted by atomic mass is 10.1. The molecule has 3 aromatic rings. The number of hydrogen-bond acceptors (Lipinski definition) is 7. The smallest absolute Gasteiger partial charge is 0.251 e. The highest BCUT2D eigenvalue weighted by molar-refractivity contribution is 8.01. The number of anilines is 3. The molecular weight excluding hydrogens is 406 g/mol. The SMILES string of the molecule is CNC(=O)c1ccc(NC(=O)CSc2nnc(Nc3cccc(C)c3C)s2)cc1. The number of hydrogen-bond donors (Lipinski definition) is 3. The second-order valence-electron chi connectivity index (χ2n) is 6.24. The minimum Gasteiger partial charge on any atom is -0.355 e. The molecule has 2 aromatic carbocycles. The highest BCUT2D eigenvalue weighted by Gasteiger charge is 2.10. The van der Waals surface area contributed by atoms with Crippen molar-refractivity contribution in [3.8, 4) is 0 Å². The summed E-state index contributed by atoms with van der Waals surface area (Å²) in [6, 6.07) is 12.8. The molecule has 0 fully saturated rings. The number of amides is 2. The van der Waals surface area contributed by atoms with Gasteiger partial charge in [-0.1, -0.05) is 35.2 Å². The maximum atomic E-state index is 12.2. The molecular formula is C20H21N5O2S2. The van der Waals surface area contributed by atoms with Gasteiger partial charge in [-0.2, -0.15) is 0 Å². The Balaban J connectivity index is 1.52. The van der Waals surface area contributed by atoms with E-state index in [-0.39, 0.29) is 17.6 Å². The molecule has 0 unspecified atom stereocenters. The quantitative estimate of drug-likeness (QED) is 0.494. The Bertz CT molecular complexity index is 1020. The zero-order valence-corrected chi connectivity index (χ0v) is 17.9. The van der Waals surface area contributed by atoms with Gasteiger partial charge in [0.05, 0.1) is 5.75 Å². The van der Waals surface area contributed by atoms with Crippen LogP contribution >= 0.6 is 23.1 Å². The summed E-state index contributed by atoms with van der Waals surface area (Å²) < 4.78 is 0.711. The Morgan fingerprint density at radius 1 is 1.07 bits per heavy atom. The predicted molar refractivity (Wildman–Crippen MR) is 118 cm³/mol. The van der Waals surface area contributed by atoms with E-state index in [9.17, 15) is 9.59 Å². The molecule has 29 heavy (non-hydrogen) atoms. The molecule has 0 aliphatic heterocycles. The van der Waals surface area contributed by atoms with Crippen molar-refractivity contribution in [2.24, 2.45) is 0 Å². The molecule has 0 saturated carbocycles. The maximum Gasteiger partial charge on any atom is 0.251 e. The number of aromatic nitrogens is 2. The Morgan fingerprint density at radius 3 is 2.55 bits per heavy atom. The molecule has 0 aliphatic carbocycles. The largest absolute Gasteiger partial charge is 0.355 e. The molecule has 0 atom stereocenters. The standard InChI is InChI=1S/C20H21N5O2S2/c1-12-5-4-6-16(13(12)2)23-19-24-25-20(29-19)28-11-17(26)22-15-9-7-14(8-10-15)18(27)21-3/h4-10H,11H2,1-3H3,(H,21,27)(H,22,26)(H,23,24). The van der Waals surface area contributed by atoms with Gasteiger partial charge in [-0.15, -0.1) is 10.2 Å².